The van der Waals surface area contributed by atoms with E-state index in [1.807, 2.05) is 48.7 Å². The van der Waals surface area contributed by atoms with Crippen molar-refractivity contribution in [2.75, 3.05) is 18.7 Å². The zero-order valence-electron chi connectivity index (χ0n) is 14.4. The van der Waals surface area contributed by atoms with Crippen molar-refractivity contribution < 1.29 is 9.53 Å². The zero-order valence-corrected chi connectivity index (χ0v) is 16.0. The molecule has 7 nitrogen and oxygen atoms in total. The maximum absolute atomic E-state index is 12.2. The van der Waals surface area contributed by atoms with E-state index in [9.17, 15) is 4.79 Å². The molecule has 0 spiro atoms. The average Bonchev–Trinajstić information content (AvgIpc) is 3.30. The molecule has 0 radical (unpaired) electrons. The highest BCUT2D eigenvalue weighted by atomic mass is 32.2. The Kier molecular flexibility index (Phi) is 5.79. The van der Waals surface area contributed by atoms with Gasteiger partial charge in [0, 0.05) is 4.88 Å². The minimum atomic E-state index is -0.0854. The molecule has 0 fully saturated rings. The van der Waals surface area contributed by atoms with Crippen molar-refractivity contribution in [3.63, 3.8) is 0 Å². The van der Waals surface area contributed by atoms with E-state index in [1.54, 1.807) is 18.4 Å². The minimum Gasteiger partial charge on any atom is -0.496 e. The van der Waals surface area contributed by atoms with E-state index < -0.39 is 0 Å². The first kappa shape index (κ1) is 18.3. The van der Waals surface area contributed by atoms with Gasteiger partial charge in [0.1, 0.15) is 5.75 Å². The fraction of sp³-hybridized carbons (Fsp3) is 0.235. The number of hydrogen-bond donors (Lipinski definition) is 2. The van der Waals surface area contributed by atoms with Crippen LogP contribution in [0.4, 0.5) is 0 Å². The third-order valence-corrected chi connectivity index (χ3v) is 5.69. The SMILES string of the molecule is COc1ccccc1-c1nnc(SCC(=O)NC(C)c2cccs2)n1N. The third kappa shape index (κ3) is 4.00. The number of para-hydroxylation sites is 1. The van der Waals surface area contributed by atoms with Crippen LogP contribution < -0.4 is 15.9 Å². The van der Waals surface area contributed by atoms with Crippen LogP contribution in [0.25, 0.3) is 11.4 Å². The summed E-state index contributed by atoms with van der Waals surface area (Å²) >= 11 is 2.85. The van der Waals surface area contributed by atoms with Crippen LogP contribution in [0.2, 0.25) is 0 Å². The quantitative estimate of drug-likeness (QED) is 0.476. The summed E-state index contributed by atoms with van der Waals surface area (Å²) in [7, 11) is 1.59. The van der Waals surface area contributed by atoms with Crippen LogP contribution >= 0.6 is 23.1 Å². The lowest BCUT2D eigenvalue weighted by Gasteiger charge is -2.11. The molecule has 0 aliphatic carbocycles. The number of nitrogens with zero attached hydrogens (tertiary/aromatic N) is 3. The molecule has 3 rings (SSSR count). The summed E-state index contributed by atoms with van der Waals surface area (Å²) in [4.78, 5) is 13.3. The second kappa shape index (κ2) is 8.24. The van der Waals surface area contributed by atoms with Crippen molar-refractivity contribution in [3.05, 3.63) is 46.7 Å². The van der Waals surface area contributed by atoms with Gasteiger partial charge < -0.3 is 15.9 Å². The topological polar surface area (TPSA) is 95.1 Å². The summed E-state index contributed by atoms with van der Waals surface area (Å²) in [6.07, 6.45) is 0. The maximum Gasteiger partial charge on any atom is 0.230 e. The number of rotatable bonds is 7. The number of nitrogens with one attached hydrogen (secondary N) is 1. The number of methoxy groups -OCH3 is 1. The van der Waals surface area contributed by atoms with Gasteiger partial charge in [-0.25, -0.2) is 4.68 Å². The fourth-order valence-electron chi connectivity index (χ4n) is 2.41. The van der Waals surface area contributed by atoms with Crippen molar-refractivity contribution in [3.8, 4) is 17.1 Å². The number of aromatic nitrogens is 3. The number of ether oxygens (including phenoxy) is 1. The minimum absolute atomic E-state index is 0.0250. The molecule has 0 saturated carbocycles. The fourth-order valence-corrected chi connectivity index (χ4v) is 3.81. The Morgan fingerprint density at radius 3 is 2.88 bits per heavy atom. The number of benzene rings is 1. The Labute approximate surface area is 159 Å². The lowest BCUT2D eigenvalue weighted by Crippen LogP contribution is -2.28. The first-order valence-electron chi connectivity index (χ1n) is 7.89. The summed E-state index contributed by atoms with van der Waals surface area (Å²) in [6, 6.07) is 11.4. The molecule has 3 N–H and O–H groups in total. The molecular weight excluding hydrogens is 370 g/mol. The molecule has 3 aromatic rings. The molecule has 136 valence electrons. The summed E-state index contributed by atoms with van der Waals surface area (Å²) < 4.78 is 6.71. The number of hydrogen-bond acceptors (Lipinski definition) is 7. The standard InChI is InChI=1S/C17H19N5O2S2/c1-11(14-8-5-9-25-14)19-15(23)10-26-17-21-20-16(22(17)18)12-6-3-4-7-13(12)24-2/h3-9,11H,10,18H2,1-2H3,(H,19,23). The normalized spacial score (nSPS) is 11.9. The van der Waals surface area contributed by atoms with Crippen LogP contribution in [0.1, 0.15) is 17.8 Å². The lowest BCUT2D eigenvalue weighted by molar-refractivity contribution is -0.119. The Morgan fingerprint density at radius 1 is 1.35 bits per heavy atom. The summed E-state index contributed by atoms with van der Waals surface area (Å²) in [5.74, 6) is 7.37. The molecular formula is C17H19N5O2S2. The number of carbonyl (C=O) groups excluding carboxylic acids is 1. The maximum atomic E-state index is 12.2. The Morgan fingerprint density at radius 2 is 2.15 bits per heavy atom. The first-order chi connectivity index (χ1) is 12.6. The number of thioether (sulfide) groups is 1. The predicted molar refractivity (Wildman–Crippen MR) is 104 cm³/mol. The monoisotopic (exact) mass is 389 g/mol. The van der Waals surface area contributed by atoms with Crippen LogP contribution in [-0.4, -0.2) is 33.6 Å². The van der Waals surface area contributed by atoms with Gasteiger partial charge in [0.15, 0.2) is 5.82 Å². The molecule has 0 saturated heterocycles. The van der Waals surface area contributed by atoms with E-state index in [1.165, 1.54) is 16.4 Å². The van der Waals surface area contributed by atoms with Crippen LogP contribution in [0.3, 0.4) is 0 Å². The van der Waals surface area contributed by atoms with Gasteiger partial charge in [0.2, 0.25) is 11.1 Å². The largest absolute Gasteiger partial charge is 0.496 e. The highest BCUT2D eigenvalue weighted by molar-refractivity contribution is 7.99. The van der Waals surface area contributed by atoms with Crippen molar-refractivity contribution in [2.24, 2.45) is 0 Å². The zero-order chi connectivity index (χ0) is 18.5. The van der Waals surface area contributed by atoms with Crippen LogP contribution in [0, 0.1) is 0 Å². The molecule has 1 amide bonds. The molecule has 0 aliphatic heterocycles. The molecule has 2 heterocycles. The van der Waals surface area contributed by atoms with Gasteiger partial charge >= 0.3 is 0 Å². The van der Waals surface area contributed by atoms with Crippen molar-refractivity contribution in [1.82, 2.24) is 20.2 Å². The summed E-state index contributed by atoms with van der Waals surface area (Å²) in [5, 5.41) is 13.6. The number of carbonyl (C=O) groups is 1. The van der Waals surface area contributed by atoms with Gasteiger partial charge in [-0.1, -0.05) is 30.0 Å². The number of nitrogens with two attached hydrogens (primary N) is 1. The molecule has 0 aliphatic rings. The Balaban J connectivity index is 1.64. The van der Waals surface area contributed by atoms with Crippen molar-refractivity contribution >= 4 is 29.0 Å². The van der Waals surface area contributed by atoms with Gasteiger partial charge in [0.05, 0.1) is 24.5 Å². The summed E-state index contributed by atoms with van der Waals surface area (Å²) in [6.45, 7) is 1.96. The highest BCUT2D eigenvalue weighted by Gasteiger charge is 2.17. The molecule has 9 heteroatoms. The van der Waals surface area contributed by atoms with Crippen molar-refractivity contribution in [1.29, 1.82) is 0 Å². The van der Waals surface area contributed by atoms with Gasteiger partial charge in [-0.05, 0) is 30.5 Å². The predicted octanol–water partition coefficient (Wildman–Crippen LogP) is 2.70. The molecule has 1 atom stereocenters. The van der Waals surface area contributed by atoms with Gasteiger partial charge in [-0.15, -0.1) is 21.5 Å². The Bertz CT molecular complexity index is 879. The molecule has 1 aromatic carbocycles. The lowest BCUT2D eigenvalue weighted by atomic mass is 10.2. The Hall–Kier alpha value is -2.52. The second-order valence-corrected chi connectivity index (χ2v) is 7.39. The number of thiophene rings is 1. The van der Waals surface area contributed by atoms with E-state index in [4.69, 9.17) is 10.6 Å². The third-order valence-electron chi connectivity index (χ3n) is 3.69. The van der Waals surface area contributed by atoms with Gasteiger partial charge in [0.25, 0.3) is 0 Å². The molecule has 26 heavy (non-hydrogen) atoms. The average molecular weight is 390 g/mol. The number of nitrogen functional groups attached to an aromatic ring is 1. The molecule has 1 unspecified atom stereocenters. The van der Waals surface area contributed by atoms with Crippen LogP contribution in [-0.2, 0) is 4.79 Å². The van der Waals surface area contributed by atoms with Crippen LogP contribution in [0.5, 0.6) is 5.75 Å². The van der Waals surface area contributed by atoms with E-state index in [0.717, 1.165) is 10.4 Å². The molecule has 2 aromatic heterocycles. The molecule has 0 bridgehead atoms. The summed E-state index contributed by atoms with van der Waals surface area (Å²) in [5.41, 5.74) is 0.743. The first-order valence-corrected chi connectivity index (χ1v) is 9.76. The van der Waals surface area contributed by atoms with E-state index in [-0.39, 0.29) is 17.7 Å². The van der Waals surface area contributed by atoms with E-state index in [0.29, 0.717) is 16.7 Å². The van der Waals surface area contributed by atoms with Gasteiger partial charge in [-0.2, -0.15) is 0 Å². The van der Waals surface area contributed by atoms with Crippen molar-refractivity contribution in [2.45, 2.75) is 18.1 Å². The van der Waals surface area contributed by atoms with E-state index in [2.05, 4.69) is 15.5 Å². The second-order valence-electron chi connectivity index (χ2n) is 5.47. The van der Waals surface area contributed by atoms with E-state index >= 15 is 0 Å². The van der Waals surface area contributed by atoms with Crippen LogP contribution in [0.15, 0.2) is 46.9 Å². The number of amides is 1. The smallest absolute Gasteiger partial charge is 0.230 e. The highest BCUT2D eigenvalue weighted by Crippen LogP contribution is 2.29. The van der Waals surface area contributed by atoms with Gasteiger partial charge in [-0.3, -0.25) is 4.79 Å².